The van der Waals surface area contributed by atoms with E-state index in [-0.39, 0.29) is 11.7 Å². The van der Waals surface area contributed by atoms with Crippen molar-refractivity contribution in [1.82, 2.24) is 4.90 Å². The fraction of sp³-hybridized carbons (Fsp3) is 0.360. The van der Waals surface area contributed by atoms with Crippen LogP contribution < -0.4 is 4.74 Å². The Hall–Kier alpha value is -3.28. The van der Waals surface area contributed by atoms with Crippen LogP contribution in [0.2, 0.25) is 0 Å². The maximum atomic E-state index is 12.5. The summed E-state index contributed by atoms with van der Waals surface area (Å²) >= 11 is 0. The lowest BCUT2D eigenvalue weighted by Crippen LogP contribution is -2.50. The number of likely N-dealkylation sites (tertiary alicyclic amines) is 1. The van der Waals surface area contributed by atoms with E-state index < -0.39 is 17.2 Å². The van der Waals surface area contributed by atoms with E-state index in [2.05, 4.69) is 6.08 Å². The highest BCUT2D eigenvalue weighted by Crippen LogP contribution is 2.43. The molecule has 6 nitrogen and oxygen atoms in total. The second kappa shape index (κ2) is 7.76. The van der Waals surface area contributed by atoms with Crippen LogP contribution in [0.4, 0.5) is 4.79 Å². The Bertz CT molecular complexity index is 1020. The number of benzene rings is 2. The lowest BCUT2D eigenvalue weighted by Gasteiger charge is -2.43. The largest absolute Gasteiger partial charge is 0.482 e. The zero-order valence-electron chi connectivity index (χ0n) is 18.1. The van der Waals surface area contributed by atoms with Gasteiger partial charge < -0.3 is 19.5 Å². The van der Waals surface area contributed by atoms with Crippen molar-refractivity contribution in [1.29, 1.82) is 0 Å². The second-order valence-corrected chi connectivity index (χ2v) is 9.07. The van der Waals surface area contributed by atoms with Crippen LogP contribution in [0.25, 0.3) is 5.57 Å². The van der Waals surface area contributed by atoms with Crippen molar-refractivity contribution >= 4 is 17.6 Å². The third-order valence-corrected chi connectivity index (χ3v) is 5.60. The van der Waals surface area contributed by atoms with Crippen molar-refractivity contribution in [3.8, 4) is 5.75 Å². The van der Waals surface area contributed by atoms with Crippen LogP contribution in [0.3, 0.4) is 0 Å². The Morgan fingerprint density at radius 1 is 1.03 bits per heavy atom. The van der Waals surface area contributed by atoms with Crippen molar-refractivity contribution in [2.45, 2.75) is 44.8 Å². The Morgan fingerprint density at radius 3 is 2.29 bits per heavy atom. The quantitative estimate of drug-likeness (QED) is 0.740. The Labute approximate surface area is 182 Å². The van der Waals surface area contributed by atoms with Gasteiger partial charge in [0.2, 0.25) is 0 Å². The number of fused-ring (bicyclic) bond motifs is 1. The van der Waals surface area contributed by atoms with Gasteiger partial charge in [-0.05, 0) is 56.2 Å². The van der Waals surface area contributed by atoms with E-state index >= 15 is 0 Å². The molecule has 0 bridgehead atoms. The second-order valence-electron chi connectivity index (χ2n) is 9.07. The van der Waals surface area contributed by atoms with E-state index in [1.165, 1.54) is 0 Å². The highest BCUT2D eigenvalue weighted by molar-refractivity contribution is 5.90. The minimum Gasteiger partial charge on any atom is -0.482 e. The molecule has 0 aromatic heterocycles. The summed E-state index contributed by atoms with van der Waals surface area (Å²) < 4.78 is 12.0. The molecule has 1 saturated heterocycles. The van der Waals surface area contributed by atoms with Crippen molar-refractivity contribution in [3.05, 3.63) is 71.3 Å². The number of nitrogens with zero attached hydrogens (tertiary/aromatic N) is 1. The van der Waals surface area contributed by atoms with Gasteiger partial charge in [-0.2, -0.15) is 0 Å². The molecule has 1 N–H and O–H groups in total. The van der Waals surface area contributed by atoms with E-state index in [0.29, 0.717) is 25.9 Å². The highest BCUT2D eigenvalue weighted by Gasteiger charge is 2.40. The number of carboxylic acid groups (broad SMARTS) is 1. The van der Waals surface area contributed by atoms with Gasteiger partial charge in [-0.25, -0.2) is 9.59 Å². The number of rotatable bonds is 2. The first-order chi connectivity index (χ1) is 14.7. The standard InChI is InChI=1S/C25H27NO5/c1-24(2,3)31-23(29)26-14-12-25(13-15-26)16-20(19-6-4-5-7-21(19)30-25)17-8-10-18(11-9-17)22(27)28/h4-11,16H,12-15H2,1-3H3,(H,27,28). The molecule has 1 fully saturated rings. The van der Waals surface area contributed by atoms with Crippen LogP contribution in [0.1, 0.15) is 55.1 Å². The monoisotopic (exact) mass is 421 g/mol. The van der Waals surface area contributed by atoms with Crippen LogP contribution in [0, 0.1) is 0 Å². The minimum atomic E-state index is -0.945. The van der Waals surface area contributed by atoms with Crippen molar-refractivity contribution in [3.63, 3.8) is 0 Å². The lowest BCUT2D eigenvalue weighted by atomic mass is 9.83. The molecule has 0 saturated carbocycles. The maximum Gasteiger partial charge on any atom is 0.410 e. The summed E-state index contributed by atoms with van der Waals surface area (Å²) in [6.07, 6.45) is 3.14. The molecule has 2 heterocycles. The molecule has 31 heavy (non-hydrogen) atoms. The number of ether oxygens (including phenoxy) is 2. The molecule has 1 spiro atoms. The summed E-state index contributed by atoms with van der Waals surface area (Å²) in [4.78, 5) is 25.4. The molecule has 162 valence electrons. The van der Waals surface area contributed by atoms with Crippen molar-refractivity contribution in [2.75, 3.05) is 13.1 Å². The normalized spacial score (nSPS) is 17.4. The molecule has 0 radical (unpaired) electrons. The summed E-state index contributed by atoms with van der Waals surface area (Å²) in [5.41, 5.74) is 2.14. The smallest absolute Gasteiger partial charge is 0.410 e. The maximum absolute atomic E-state index is 12.5. The summed E-state index contributed by atoms with van der Waals surface area (Å²) in [6.45, 7) is 6.67. The molecule has 0 unspecified atom stereocenters. The predicted octanol–water partition coefficient (Wildman–Crippen LogP) is 4.98. The molecule has 4 rings (SSSR count). The molecule has 2 aromatic rings. The number of piperidine rings is 1. The van der Waals surface area contributed by atoms with Gasteiger partial charge in [0.25, 0.3) is 0 Å². The number of carbonyl (C=O) groups excluding carboxylic acids is 1. The Balaban J connectivity index is 1.62. The van der Waals surface area contributed by atoms with Gasteiger partial charge >= 0.3 is 12.1 Å². The van der Waals surface area contributed by atoms with Gasteiger partial charge in [0.1, 0.15) is 17.0 Å². The van der Waals surface area contributed by atoms with Crippen molar-refractivity contribution < 1.29 is 24.2 Å². The molecular weight excluding hydrogens is 394 g/mol. The molecule has 2 aliphatic rings. The molecule has 6 heteroatoms. The lowest BCUT2D eigenvalue weighted by molar-refractivity contribution is -0.00117. The van der Waals surface area contributed by atoms with Crippen molar-refractivity contribution in [2.24, 2.45) is 0 Å². The number of para-hydroxylation sites is 1. The van der Waals surface area contributed by atoms with E-state index in [1.54, 1.807) is 17.0 Å². The topological polar surface area (TPSA) is 76.1 Å². The summed E-state index contributed by atoms with van der Waals surface area (Å²) in [5, 5.41) is 9.21. The number of carbonyl (C=O) groups is 2. The zero-order chi connectivity index (χ0) is 22.2. The van der Waals surface area contributed by atoms with E-state index in [0.717, 1.165) is 22.4 Å². The average Bonchev–Trinajstić information content (AvgIpc) is 2.72. The minimum absolute atomic E-state index is 0.255. The number of aromatic carboxylic acids is 1. The van der Waals surface area contributed by atoms with Gasteiger partial charge in [0, 0.05) is 31.5 Å². The molecule has 1 amide bonds. The van der Waals surface area contributed by atoms with Gasteiger partial charge in [-0.15, -0.1) is 0 Å². The van der Waals surface area contributed by atoms with Crippen LogP contribution in [-0.4, -0.2) is 46.4 Å². The third-order valence-electron chi connectivity index (χ3n) is 5.60. The van der Waals surface area contributed by atoms with Gasteiger partial charge in [0.15, 0.2) is 0 Å². The van der Waals surface area contributed by atoms with Crippen LogP contribution >= 0.6 is 0 Å². The molecule has 2 aromatic carbocycles. The fourth-order valence-corrected chi connectivity index (χ4v) is 4.04. The average molecular weight is 421 g/mol. The fourth-order valence-electron chi connectivity index (χ4n) is 4.04. The first-order valence-electron chi connectivity index (χ1n) is 10.5. The predicted molar refractivity (Wildman–Crippen MR) is 117 cm³/mol. The zero-order valence-corrected chi connectivity index (χ0v) is 18.1. The molecular formula is C25H27NO5. The summed E-state index contributed by atoms with van der Waals surface area (Å²) in [5.74, 6) is -0.146. The third kappa shape index (κ3) is 4.43. The van der Waals surface area contributed by atoms with Gasteiger partial charge in [0.05, 0.1) is 5.56 Å². The number of carboxylic acids is 1. The Morgan fingerprint density at radius 2 is 1.68 bits per heavy atom. The summed E-state index contributed by atoms with van der Waals surface area (Å²) in [6, 6.07) is 14.8. The Kier molecular flexibility index (Phi) is 5.25. The first kappa shape index (κ1) is 21.0. The molecule has 0 atom stereocenters. The number of hydrogen-bond donors (Lipinski definition) is 1. The van der Waals surface area contributed by atoms with E-state index in [9.17, 15) is 14.7 Å². The highest BCUT2D eigenvalue weighted by atomic mass is 16.6. The molecule has 0 aliphatic carbocycles. The summed E-state index contributed by atoms with van der Waals surface area (Å²) in [7, 11) is 0. The van der Waals surface area contributed by atoms with Crippen LogP contribution in [0.15, 0.2) is 54.6 Å². The molecule has 2 aliphatic heterocycles. The van der Waals surface area contributed by atoms with Crippen LogP contribution in [0.5, 0.6) is 5.75 Å². The van der Waals surface area contributed by atoms with E-state index in [1.807, 2.05) is 57.2 Å². The van der Waals surface area contributed by atoms with Gasteiger partial charge in [-0.3, -0.25) is 0 Å². The first-order valence-corrected chi connectivity index (χ1v) is 10.5. The number of hydrogen-bond acceptors (Lipinski definition) is 4. The SMILES string of the molecule is CC(C)(C)OC(=O)N1CCC2(C=C(c3ccc(C(=O)O)cc3)c3ccccc3O2)CC1. The number of amides is 1. The van der Waals surface area contributed by atoms with Crippen LogP contribution in [-0.2, 0) is 4.74 Å². The van der Waals surface area contributed by atoms with E-state index in [4.69, 9.17) is 9.47 Å². The van der Waals surface area contributed by atoms with Gasteiger partial charge in [-0.1, -0.05) is 30.3 Å².